The molecular formula is C8H9BrO3S. The van der Waals surface area contributed by atoms with Crippen LogP contribution in [0, 0.1) is 0 Å². The van der Waals surface area contributed by atoms with Crippen LogP contribution in [-0.4, -0.2) is 18.3 Å². The maximum Gasteiger partial charge on any atom is 0.294 e. The molecule has 0 bridgehead atoms. The second kappa shape index (κ2) is 4.21. The minimum absolute atomic E-state index is 0.00514. The van der Waals surface area contributed by atoms with Crippen molar-refractivity contribution in [2.75, 3.05) is 5.33 Å². The summed E-state index contributed by atoms with van der Waals surface area (Å²) < 4.78 is 30.6. The average Bonchev–Trinajstić information content (AvgIpc) is 2.04. The van der Waals surface area contributed by atoms with Crippen LogP contribution in [0.25, 0.3) is 0 Å². The van der Waals surface area contributed by atoms with Gasteiger partial charge in [0.2, 0.25) is 0 Å². The fraction of sp³-hybridized carbons (Fsp3) is 0.250. The first-order valence-corrected chi connectivity index (χ1v) is 6.23. The van der Waals surface area contributed by atoms with E-state index in [4.69, 9.17) is 4.55 Å². The molecule has 72 valence electrons. The SMILES string of the molecule is O=S(=O)(O)c1ccccc1CCBr. The van der Waals surface area contributed by atoms with Crippen molar-refractivity contribution in [1.82, 2.24) is 0 Å². The molecule has 1 aromatic rings. The first-order chi connectivity index (χ1) is 6.05. The molecule has 0 aromatic heterocycles. The molecule has 0 aliphatic heterocycles. The van der Waals surface area contributed by atoms with Crippen molar-refractivity contribution in [2.45, 2.75) is 11.3 Å². The van der Waals surface area contributed by atoms with Gasteiger partial charge < -0.3 is 0 Å². The predicted octanol–water partition coefficient (Wildman–Crippen LogP) is 1.87. The molecule has 1 aromatic carbocycles. The highest BCUT2D eigenvalue weighted by Crippen LogP contribution is 2.15. The summed E-state index contributed by atoms with van der Waals surface area (Å²) in [7, 11) is -4.08. The largest absolute Gasteiger partial charge is 0.294 e. The maximum absolute atomic E-state index is 10.9. The molecule has 0 fully saturated rings. The Bertz CT molecular complexity index is 386. The van der Waals surface area contributed by atoms with Gasteiger partial charge in [-0.2, -0.15) is 8.42 Å². The number of aryl methyl sites for hydroxylation is 1. The van der Waals surface area contributed by atoms with E-state index in [1.807, 2.05) is 0 Å². The number of halogens is 1. The first kappa shape index (κ1) is 10.7. The van der Waals surface area contributed by atoms with Crippen molar-refractivity contribution in [1.29, 1.82) is 0 Å². The lowest BCUT2D eigenvalue weighted by Gasteiger charge is -2.03. The highest BCUT2D eigenvalue weighted by atomic mass is 79.9. The van der Waals surface area contributed by atoms with Gasteiger partial charge >= 0.3 is 0 Å². The van der Waals surface area contributed by atoms with Crippen molar-refractivity contribution < 1.29 is 13.0 Å². The molecule has 0 saturated heterocycles. The third-order valence-electron chi connectivity index (χ3n) is 1.61. The van der Waals surface area contributed by atoms with Gasteiger partial charge in [-0.05, 0) is 18.1 Å². The highest BCUT2D eigenvalue weighted by molar-refractivity contribution is 9.09. The Kier molecular flexibility index (Phi) is 3.47. The van der Waals surface area contributed by atoms with Crippen molar-refractivity contribution in [2.24, 2.45) is 0 Å². The zero-order valence-electron chi connectivity index (χ0n) is 6.77. The monoisotopic (exact) mass is 264 g/mol. The summed E-state index contributed by atoms with van der Waals surface area (Å²) >= 11 is 3.21. The molecule has 0 aliphatic rings. The third-order valence-corrected chi connectivity index (χ3v) is 2.96. The zero-order valence-corrected chi connectivity index (χ0v) is 9.18. The van der Waals surface area contributed by atoms with Crippen LogP contribution in [-0.2, 0) is 16.5 Å². The Morgan fingerprint density at radius 3 is 2.46 bits per heavy atom. The smallest absolute Gasteiger partial charge is 0.282 e. The van der Waals surface area contributed by atoms with Gasteiger partial charge in [-0.25, -0.2) is 0 Å². The molecule has 0 heterocycles. The van der Waals surface area contributed by atoms with Gasteiger partial charge in [0, 0.05) is 5.33 Å². The topological polar surface area (TPSA) is 54.4 Å². The van der Waals surface area contributed by atoms with E-state index in [1.165, 1.54) is 6.07 Å². The Morgan fingerprint density at radius 2 is 1.92 bits per heavy atom. The number of alkyl halides is 1. The molecule has 0 amide bonds. The summed E-state index contributed by atoms with van der Waals surface area (Å²) in [5, 5.41) is 0.666. The van der Waals surface area contributed by atoms with Crippen LogP contribution in [0.5, 0.6) is 0 Å². The molecule has 0 atom stereocenters. The van der Waals surface area contributed by atoms with Gasteiger partial charge in [0.05, 0.1) is 4.90 Å². The molecule has 0 aliphatic carbocycles. The van der Waals surface area contributed by atoms with E-state index in [2.05, 4.69) is 15.9 Å². The molecule has 1 N–H and O–H groups in total. The van der Waals surface area contributed by atoms with Crippen LogP contribution in [0.3, 0.4) is 0 Å². The van der Waals surface area contributed by atoms with Gasteiger partial charge in [0.1, 0.15) is 0 Å². The Balaban J connectivity index is 3.20. The van der Waals surface area contributed by atoms with E-state index in [-0.39, 0.29) is 4.90 Å². The average molecular weight is 265 g/mol. The van der Waals surface area contributed by atoms with Gasteiger partial charge in [0.15, 0.2) is 0 Å². The Hall–Kier alpha value is -0.390. The second-order valence-electron chi connectivity index (χ2n) is 2.52. The van der Waals surface area contributed by atoms with Crippen LogP contribution >= 0.6 is 15.9 Å². The summed E-state index contributed by atoms with van der Waals surface area (Å²) in [4.78, 5) is -0.00514. The number of hydrogen-bond acceptors (Lipinski definition) is 2. The quantitative estimate of drug-likeness (QED) is 0.670. The van der Waals surface area contributed by atoms with Gasteiger partial charge in [0.25, 0.3) is 10.1 Å². The van der Waals surface area contributed by atoms with Crippen molar-refractivity contribution >= 4 is 26.0 Å². The molecular weight excluding hydrogens is 256 g/mol. The van der Waals surface area contributed by atoms with Crippen molar-refractivity contribution in [3.05, 3.63) is 29.8 Å². The van der Waals surface area contributed by atoms with Gasteiger partial charge in [-0.3, -0.25) is 4.55 Å². The molecule has 0 spiro atoms. The lowest BCUT2D eigenvalue weighted by molar-refractivity contribution is 0.482. The van der Waals surface area contributed by atoms with Crippen LogP contribution in [0.2, 0.25) is 0 Å². The van der Waals surface area contributed by atoms with Crippen LogP contribution in [0.15, 0.2) is 29.2 Å². The second-order valence-corrected chi connectivity index (χ2v) is 4.70. The summed E-state index contributed by atoms with van der Waals surface area (Å²) in [5.74, 6) is 0. The van der Waals surface area contributed by atoms with Crippen LogP contribution in [0.1, 0.15) is 5.56 Å². The van der Waals surface area contributed by atoms with E-state index in [0.29, 0.717) is 17.3 Å². The van der Waals surface area contributed by atoms with E-state index in [1.54, 1.807) is 18.2 Å². The van der Waals surface area contributed by atoms with Gasteiger partial charge in [-0.15, -0.1) is 0 Å². The molecule has 0 unspecified atom stereocenters. The lowest BCUT2D eigenvalue weighted by atomic mass is 10.2. The Labute approximate surface area is 85.7 Å². The maximum atomic E-state index is 10.9. The fourth-order valence-electron chi connectivity index (χ4n) is 1.06. The van der Waals surface area contributed by atoms with E-state index in [0.717, 1.165) is 0 Å². The first-order valence-electron chi connectivity index (χ1n) is 3.67. The number of benzene rings is 1. The van der Waals surface area contributed by atoms with Crippen molar-refractivity contribution in [3.63, 3.8) is 0 Å². The predicted molar refractivity (Wildman–Crippen MR) is 53.8 cm³/mol. The normalized spacial score (nSPS) is 11.5. The summed E-state index contributed by atoms with van der Waals surface area (Å²) in [6.45, 7) is 0. The van der Waals surface area contributed by atoms with Crippen molar-refractivity contribution in [3.8, 4) is 0 Å². The third kappa shape index (κ3) is 2.79. The van der Waals surface area contributed by atoms with E-state index in [9.17, 15) is 8.42 Å². The van der Waals surface area contributed by atoms with E-state index < -0.39 is 10.1 Å². The molecule has 5 heteroatoms. The van der Waals surface area contributed by atoms with E-state index >= 15 is 0 Å². The summed E-state index contributed by atoms with van der Waals surface area (Å²) in [6, 6.07) is 6.41. The zero-order chi connectivity index (χ0) is 9.90. The molecule has 13 heavy (non-hydrogen) atoms. The lowest BCUT2D eigenvalue weighted by Crippen LogP contribution is -2.03. The van der Waals surface area contributed by atoms with Crippen LogP contribution < -0.4 is 0 Å². The Morgan fingerprint density at radius 1 is 1.31 bits per heavy atom. The number of hydrogen-bond donors (Lipinski definition) is 1. The fourth-order valence-corrected chi connectivity index (χ4v) is 2.24. The summed E-state index contributed by atoms with van der Waals surface area (Å²) in [6.07, 6.45) is 0.579. The highest BCUT2D eigenvalue weighted by Gasteiger charge is 2.13. The minimum Gasteiger partial charge on any atom is -0.282 e. The molecule has 0 radical (unpaired) electrons. The minimum atomic E-state index is -4.08. The number of rotatable bonds is 3. The van der Waals surface area contributed by atoms with Gasteiger partial charge in [-0.1, -0.05) is 34.1 Å². The van der Waals surface area contributed by atoms with Crippen LogP contribution in [0.4, 0.5) is 0 Å². The molecule has 1 rings (SSSR count). The molecule has 0 saturated carbocycles. The molecule has 3 nitrogen and oxygen atoms in total. The summed E-state index contributed by atoms with van der Waals surface area (Å²) in [5.41, 5.74) is 0.627. The standard InChI is InChI=1S/C8H9BrO3S/c9-6-5-7-3-1-2-4-8(7)13(10,11)12/h1-4H,5-6H2,(H,10,11,12).